The molecular weight excluding hydrogens is 288 g/mol. The minimum Gasteiger partial charge on any atom is -0.307 e. The molecule has 0 aliphatic rings. The first kappa shape index (κ1) is 14.8. The number of imide groups is 1. The molecule has 0 saturated heterocycles. The fourth-order valence-corrected chi connectivity index (χ4v) is 2.41. The minimum absolute atomic E-state index is 0.475. The fraction of sp³-hybridized carbons (Fsp3) is 0.0526. The Hall–Kier alpha value is -3.14. The number of carbonyl (C=O) groups excluding carboxylic acids is 2. The highest BCUT2D eigenvalue weighted by Gasteiger charge is 2.16. The topological polar surface area (TPSA) is 49.4 Å². The van der Waals surface area contributed by atoms with E-state index in [1.165, 1.54) is 0 Å². The quantitative estimate of drug-likeness (QED) is 0.735. The second-order valence-electron chi connectivity index (χ2n) is 5.22. The smallest absolute Gasteiger partial charge is 0.307 e. The van der Waals surface area contributed by atoms with Gasteiger partial charge >= 0.3 is 12.4 Å². The van der Waals surface area contributed by atoms with Crippen LogP contribution in [0.3, 0.4) is 0 Å². The molecule has 1 radical (unpaired) electrons. The molecule has 1 N–H and O–H groups in total. The Labute approximate surface area is 134 Å². The van der Waals surface area contributed by atoms with Gasteiger partial charge in [-0.25, -0.2) is 9.69 Å². The first-order chi connectivity index (χ1) is 11.2. The molecule has 3 rings (SSSR count). The van der Waals surface area contributed by atoms with Gasteiger partial charge in [0.25, 0.3) is 0 Å². The number of nitrogens with one attached hydrogen (secondary N) is 1. The first-order valence-corrected chi connectivity index (χ1v) is 7.22. The summed E-state index contributed by atoms with van der Waals surface area (Å²) in [5.41, 5.74) is 2.18. The van der Waals surface area contributed by atoms with Crippen molar-refractivity contribution in [2.24, 2.45) is 0 Å². The third-order valence-electron chi connectivity index (χ3n) is 3.62. The zero-order chi connectivity index (χ0) is 16.2. The molecule has 0 aliphatic heterocycles. The highest BCUT2D eigenvalue weighted by atomic mass is 16.2. The van der Waals surface area contributed by atoms with Gasteiger partial charge in [-0.15, -0.1) is 0 Å². The van der Waals surface area contributed by atoms with Gasteiger partial charge < -0.3 is 5.32 Å². The zero-order valence-electron chi connectivity index (χ0n) is 12.6. The van der Waals surface area contributed by atoms with Crippen molar-refractivity contribution < 1.29 is 9.59 Å². The monoisotopic (exact) mass is 303 g/mol. The maximum atomic E-state index is 12.4. The summed E-state index contributed by atoms with van der Waals surface area (Å²) < 4.78 is 0. The molecule has 3 aromatic carbocycles. The number of aryl methyl sites for hydroxylation is 1. The molecule has 0 aromatic heterocycles. The number of anilines is 2. The lowest BCUT2D eigenvalue weighted by Crippen LogP contribution is -2.33. The van der Waals surface area contributed by atoms with Gasteiger partial charge in [-0.05, 0) is 30.5 Å². The van der Waals surface area contributed by atoms with E-state index in [2.05, 4.69) is 5.32 Å². The first-order valence-electron chi connectivity index (χ1n) is 7.22. The molecule has 0 unspecified atom stereocenters. The van der Waals surface area contributed by atoms with Crippen LogP contribution in [0.1, 0.15) is 5.56 Å². The number of fused-ring (bicyclic) bond motifs is 1. The highest BCUT2D eigenvalue weighted by molar-refractivity contribution is 6.14. The average Bonchev–Trinajstić information content (AvgIpc) is 2.57. The van der Waals surface area contributed by atoms with Gasteiger partial charge in [-0.2, -0.15) is 0 Å². The fourth-order valence-electron chi connectivity index (χ4n) is 2.41. The van der Waals surface area contributed by atoms with Crippen LogP contribution >= 0.6 is 0 Å². The van der Waals surface area contributed by atoms with Crippen LogP contribution in [0.25, 0.3) is 10.8 Å². The number of hydrogen-bond donors (Lipinski definition) is 1. The van der Waals surface area contributed by atoms with E-state index in [-0.39, 0.29) is 0 Å². The van der Waals surface area contributed by atoms with E-state index >= 15 is 0 Å². The van der Waals surface area contributed by atoms with Crippen LogP contribution < -0.4 is 10.2 Å². The van der Waals surface area contributed by atoms with Crippen LogP contribution in [-0.4, -0.2) is 12.4 Å². The summed E-state index contributed by atoms with van der Waals surface area (Å²) in [4.78, 5) is 24.6. The lowest BCUT2D eigenvalue weighted by molar-refractivity contribution is 0.259. The number of benzene rings is 3. The highest BCUT2D eigenvalue weighted by Crippen LogP contribution is 2.24. The molecule has 0 aliphatic carbocycles. The van der Waals surface area contributed by atoms with E-state index < -0.39 is 6.03 Å². The molecule has 23 heavy (non-hydrogen) atoms. The Kier molecular flexibility index (Phi) is 4.06. The van der Waals surface area contributed by atoms with Crippen molar-refractivity contribution in [3.05, 3.63) is 72.3 Å². The number of rotatable bonds is 3. The standard InChI is InChI=1S/C19H15N2O2/c1-14-9-11-16(12-10-14)21(13-22)19(23)20-18-8-4-6-15-5-2-3-7-17(15)18/h2-12H,1H3,(H,20,23). The number of amides is 3. The van der Waals surface area contributed by atoms with Crippen molar-refractivity contribution >= 4 is 34.6 Å². The summed E-state index contributed by atoms with van der Waals surface area (Å²) >= 11 is 0. The number of nitrogens with zero attached hydrogens (tertiary/aromatic N) is 1. The summed E-state index contributed by atoms with van der Waals surface area (Å²) in [6.45, 7) is 1.94. The van der Waals surface area contributed by atoms with Gasteiger partial charge in [0.15, 0.2) is 0 Å². The number of urea groups is 1. The van der Waals surface area contributed by atoms with Crippen LogP contribution in [0.5, 0.6) is 0 Å². The van der Waals surface area contributed by atoms with Crippen molar-refractivity contribution in [1.82, 2.24) is 0 Å². The van der Waals surface area contributed by atoms with Gasteiger partial charge in [-0.1, -0.05) is 54.1 Å². The molecule has 0 spiro atoms. The van der Waals surface area contributed by atoms with E-state index in [0.717, 1.165) is 21.2 Å². The summed E-state index contributed by atoms with van der Waals surface area (Å²) in [5.74, 6) is 0. The summed E-state index contributed by atoms with van der Waals surface area (Å²) in [6.07, 6.45) is 1.68. The molecule has 4 nitrogen and oxygen atoms in total. The van der Waals surface area contributed by atoms with Crippen molar-refractivity contribution in [2.45, 2.75) is 6.92 Å². The second kappa shape index (κ2) is 6.32. The molecule has 0 bridgehead atoms. The van der Waals surface area contributed by atoms with Crippen LogP contribution in [-0.2, 0) is 4.79 Å². The summed E-state index contributed by atoms with van der Waals surface area (Å²) in [6, 6.07) is 19.9. The van der Waals surface area contributed by atoms with Crippen LogP contribution in [0.2, 0.25) is 0 Å². The molecular formula is C19H15N2O2. The molecule has 3 aromatic rings. The molecule has 4 heteroatoms. The number of hydrogen-bond acceptors (Lipinski definition) is 2. The van der Waals surface area contributed by atoms with Gasteiger partial charge in [0.2, 0.25) is 0 Å². The Balaban J connectivity index is 1.90. The van der Waals surface area contributed by atoms with E-state index in [0.29, 0.717) is 11.4 Å². The minimum atomic E-state index is -0.541. The maximum absolute atomic E-state index is 12.4. The van der Waals surface area contributed by atoms with Crippen molar-refractivity contribution in [2.75, 3.05) is 10.2 Å². The summed E-state index contributed by atoms with van der Waals surface area (Å²) in [7, 11) is 0. The van der Waals surface area contributed by atoms with Gasteiger partial charge in [0.1, 0.15) is 0 Å². The molecule has 0 fully saturated rings. The molecule has 0 saturated carbocycles. The van der Waals surface area contributed by atoms with Gasteiger partial charge in [-0.3, -0.25) is 4.79 Å². The number of carbonyl (C=O) groups is 1. The normalized spacial score (nSPS) is 10.3. The third-order valence-corrected chi connectivity index (χ3v) is 3.62. The summed E-state index contributed by atoms with van der Waals surface area (Å²) in [5, 5.41) is 4.70. The van der Waals surface area contributed by atoms with E-state index in [4.69, 9.17) is 0 Å². The average molecular weight is 303 g/mol. The molecule has 0 heterocycles. The zero-order valence-corrected chi connectivity index (χ0v) is 12.6. The lowest BCUT2D eigenvalue weighted by atomic mass is 10.1. The Morgan fingerprint density at radius 2 is 1.65 bits per heavy atom. The van der Waals surface area contributed by atoms with Crippen LogP contribution in [0, 0.1) is 6.92 Å². The van der Waals surface area contributed by atoms with Crippen LogP contribution in [0.4, 0.5) is 16.2 Å². The van der Waals surface area contributed by atoms with Gasteiger partial charge in [0, 0.05) is 5.39 Å². The Morgan fingerprint density at radius 3 is 2.39 bits per heavy atom. The predicted octanol–water partition coefficient (Wildman–Crippen LogP) is 4.25. The molecule has 0 atom stereocenters. The van der Waals surface area contributed by atoms with Gasteiger partial charge in [0.05, 0.1) is 11.4 Å². The van der Waals surface area contributed by atoms with Crippen molar-refractivity contribution in [3.63, 3.8) is 0 Å². The largest absolute Gasteiger partial charge is 0.333 e. The lowest BCUT2D eigenvalue weighted by Gasteiger charge is -2.16. The van der Waals surface area contributed by atoms with E-state index in [1.54, 1.807) is 24.6 Å². The second-order valence-corrected chi connectivity index (χ2v) is 5.22. The Morgan fingerprint density at radius 1 is 0.957 bits per heavy atom. The SMILES string of the molecule is Cc1ccc(N([C]=O)C(=O)Nc2cccc3ccccc23)cc1. The van der Waals surface area contributed by atoms with E-state index in [1.807, 2.05) is 55.5 Å². The Bertz CT molecular complexity index is 851. The van der Waals surface area contributed by atoms with Crippen molar-refractivity contribution in [1.29, 1.82) is 0 Å². The third kappa shape index (κ3) is 3.06. The molecule has 113 valence electrons. The van der Waals surface area contributed by atoms with Crippen LogP contribution in [0.15, 0.2) is 66.7 Å². The molecule has 3 amide bonds. The van der Waals surface area contributed by atoms with E-state index in [9.17, 15) is 9.59 Å². The van der Waals surface area contributed by atoms with Crippen molar-refractivity contribution in [3.8, 4) is 0 Å². The maximum Gasteiger partial charge on any atom is 0.333 e. The predicted molar refractivity (Wildman–Crippen MR) is 92.3 cm³/mol.